The summed E-state index contributed by atoms with van der Waals surface area (Å²) in [5.41, 5.74) is 2.70. The fourth-order valence-corrected chi connectivity index (χ4v) is 3.69. The van der Waals surface area contributed by atoms with Gasteiger partial charge < -0.3 is 19.9 Å². The lowest BCUT2D eigenvalue weighted by molar-refractivity contribution is -0.119. The Kier molecular flexibility index (Phi) is 6.69. The number of carbonyl (C=O) groups excluding carboxylic acids is 2. The Morgan fingerprint density at radius 3 is 2.67 bits per heavy atom. The zero-order valence-corrected chi connectivity index (χ0v) is 18.5. The average molecular weight is 452 g/mol. The summed E-state index contributed by atoms with van der Waals surface area (Å²) < 4.78 is 22.1. The third-order valence-electron chi connectivity index (χ3n) is 5.52. The fraction of sp³-hybridized carbons (Fsp3) is 0.292. The van der Waals surface area contributed by atoms with Gasteiger partial charge in [-0.3, -0.25) is 9.69 Å². The van der Waals surface area contributed by atoms with Crippen LogP contribution in [0, 0.1) is 5.82 Å². The number of anilines is 1. The van der Waals surface area contributed by atoms with Crippen molar-refractivity contribution in [2.75, 3.05) is 18.0 Å². The highest BCUT2D eigenvalue weighted by molar-refractivity contribution is 5.90. The Bertz CT molecular complexity index is 1150. The second-order valence-electron chi connectivity index (χ2n) is 7.97. The van der Waals surface area contributed by atoms with Crippen molar-refractivity contribution in [2.24, 2.45) is 7.05 Å². The van der Waals surface area contributed by atoms with Gasteiger partial charge in [0.25, 0.3) is 0 Å². The first-order valence-corrected chi connectivity index (χ1v) is 10.7. The number of ether oxygens (including phenoxy) is 1. The Morgan fingerprint density at radius 1 is 1.21 bits per heavy atom. The van der Waals surface area contributed by atoms with Gasteiger partial charge in [-0.2, -0.15) is 0 Å². The summed E-state index contributed by atoms with van der Waals surface area (Å²) in [7, 11) is 1.95. The monoisotopic (exact) mass is 451 g/mol. The molecule has 33 heavy (non-hydrogen) atoms. The zero-order chi connectivity index (χ0) is 23.4. The first kappa shape index (κ1) is 22.5. The van der Waals surface area contributed by atoms with Crippen molar-refractivity contribution in [2.45, 2.75) is 26.1 Å². The molecule has 0 spiro atoms. The van der Waals surface area contributed by atoms with E-state index < -0.39 is 18.0 Å². The first-order chi connectivity index (χ1) is 15.9. The van der Waals surface area contributed by atoms with Crippen molar-refractivity contribution in [3.8, 4) is 11.1 Å². The number of aryl methyl sites for hydroxylation is 1. The van der Waals surface area contributed by atoms with Crippen LogP contribution in [-0.2, 0) is 29.7 Å². The van der Waals surface area contributed by atoms with Gasteiger partial charge in [-0.1, -0.05) is 24.3 Å². The van der Waals surface area contributed by atoms with Gasteiger partial charge in [0.2, 0.25) is 5.91 Å². The van der Waals surface area contributed by atoms with Crippen LogP contribution < -0.4 is 15.5 Å². The highest BCUT2D eigenvalue weighted by Crippen LogP contribution is 2.29. The second-order valence-corrected chi connectivity index (χ2v) is 7.97. The predicted molar refractivity (Wildman–Crippen MR) is 122 cm³/mol. The summed E-state index contributed by atoms with van der Waals surface area (Å²) in [4.78, 5) is 28.9. The number of nitrogens with one attached hydrogen (secondary N) is 2. The Labute approximate surface area is 191 Å². The molecular formula is C24H26FN5O3. The molecule has 0 aliphatic carbocycles. The SMILES string of the molecule is CC(=O)NCC1CN(c2ccc(-c3ccc(CNCc4nccn4C)cc3)c(F)c2)C(=O)O1. The summed E-state index contributed by atoms with van der Waals surface area (Å²) in [5.74, 6) is 0.332. The lowest BCUT2D eigenvalue weighted by atomic mass is 10.0. The lowest BCUT2D eigenvalue weighted by Gasteiger charge is -2.15. The number of hydrogen-bond donors (Lipinski definition) is 2. The van der Waals surface area contributed by atoms with Gasteiger partial charge in [-0.25, -0.2) is 14.2 Å². The minimum absolute atomic E-state index is 0.199. The third-order valence-corrected chi connectivity index (χ3v) is 5.52. The second kappa shape index (κ2) is 9.83. The van der Waals surface area contributed by atoms with E-state index in [1.165, 1.54) is 17.9 Å². The van der Waals surface area contributed by atoms with E-state index in [-0.39, 0.29) is 19.0 Å². The summed E-state index contributed by atoms with van der Waals surface area (Å²) in [6, 6.07) is 12.4. The fourth-order valence-electron chi connectivity index (χ4n) is 3.69. The molecular weight excluding hydrogens is 425 g/mol. The molecule has 0 saturated carbocycles. The number of aromatic nitrogens is 2. The molecule has 1 aliphatic rings. The molecule has 2 N–H and O–H groups in total. The van der Waals surface area contributed by atoms with E-state index in [9.17, 15) is 14.0 Å². The molecule has 3 aromatic rings. The minimum Gasteiger partial charge on any atom is -0.442 e. The molecule has 2 aromatic carbocycles. The molecule has 1 aromatic heterocycles. The van der Waals surface area contributed by atoms with Crippen LogP contribution in [0.3, 0.4) is 0 Å². The van der Waals surface area contributed by atoms with Crippen molar-refractivity contribution >= 4 is 17.7 Å². The molecule has 0 radical (unpaired) electrons. The average Bonchev–Trinajstić information content (AvgIpc) is 3.38. The lowest BCUT2D eigenvalue weighted by Crippen LogP contribution is -2.33. The minimum atomic E-state index is -0.556. The number of hydrogen-bond acceptors (Lipinski definition) is 5. The summed E-state index contributed by atoms with van der Waals surface area (Å²) in [6.07, 6.45) is 2.65. The molecule has 0 bridgehead atoms. The Balaban J connectivity index is 1.38. The van der Waals surface area contributed by atoms with Crippen molar-refractivity contribution in [3.05, 3.63) is 72.1 Å². The molecule has 2 heterocycles. The first-order valence-electron chi connectivity index (χ1n) is 10.7. The summed E-state index contributed by atoms with van der Waals surface area (Å²) >= 11 is 0. The molecule has 1 unspecified atom stereocenters. The normalized spacial score (nSPS) is 15.5. The maximum atomic E-state index is 14.9. The molecule has 1 saturated heterocycles. The van der Waals surface area contributed by atoms with Crippen LogP contribution in [0.15, 0.2) is 54.9 Å². The number of carbonyl (C=O) groups is 2. The molecule has 9 heteroatoms. The number of rotatable bonds is 8. The predicted octanol–water partition coefficient (Wildman–Crippen LogP) is 2.98. The number of imidazole rings is 1. The zero-order valence-electron chi connectivity index (χ0n) is 18.5. The highest BCUT2D eigenvalue weighted by atomic mass is 19.1. The van der Waals surface area contributed by atoms with E-state index in [1.807, 2.05) is 42.1 Å². The molecule has 2 amide bonds. The van der Waals surface area contributed by atoms with E-state index in [1.54, 1.807) is 18.3 Å². The third kappa shape index (κ3) is 5.38. The van der Waals surface area contributed by atoms with Gasteiger partial charge in [0, 0.05) is 38.5 Å². The van der Waals surface area contributed by atoms with Crippen LogP contribution in [-0.4, -0.2) is 40.7 Å². The molecule has 1 aliphatic heterocycles. The van der Waals surface area contributed by atoms with E-state index in [2.05, 4.69) is 15.6 Å². The van der Waals surface area contributed by atoms with Crippen LogP contribution in [0.1, 0.15) is 18.3 Å². The van der Waals surface area contributed by atoms with Gasteiger partial charge in [0.1, 0.15) is 17.7 Å². The molecule has 8 nitrogen and oxygen atoms in total. The molecule has 1 fully saturated rings. The van der Waals surface area contributed by atoms with Crippen LogP contribution in [0.25, 0.3) is 11.1 Å². The topological polar surface area (TPSA) is 88.5 Å². The van der Waals surface area contributed by atoms with Crippen molar-refractivity contribution in [3.63, 3.8) is 0 Å². The van der Waals surface area contributed by atoms with E-state index >= 15 is 0 Å². The molecule has 172 valence electrons. The summed E-state index contributed by atoms with van der Waals surface area (Å²) in [6.45, 7) is 3.20. The van der Waals surface area contributed by atoms with Gasteiger partial charge in [0.15, 0.2) is 0 Å². The Morgan fingerprint density at radius 2 is 2.00 bits per heavy atom. The van der Waals surface area contributed by atoms with E-state index in [0.717, 1.165) is 17.0 Å². The number of halogens is 1. The van der Waals surface area contributed by atoms with Crippen LogP contribution in [0.2, 0.25) is 0 Å². The number of benzene rings is 2. The maximum Gasteiger partial charge on any atom is 0.414 e. The van der Waals surface area contributed by atoms with Crippen LogP contribution in [0.5, 0.6) is 0 Å². The Hall–Kier alpha value is -3.72. The number of cyclic esters (lactones) is 1. The highest BCUT2D eigenvalue weighted by Gasteiger charge is 2.32. The standard InChI is InChI=1S/C24H26FN5O3/c1-16(31)28-13-20-15-30(24(32)33-20)19-7-8-21(22(25)11-19)18-5-3-17(4-6-18)12-26-14-23-27-9-10-29(23)2/h3-11,20,26H,12-15H2,1-2H3,(H,28,31). The van der Waals surface area contributed by atoms with Gasteiger partial charge in [-0.05, 0) is 29.3 Å². The quantitative estimate of drug-likeness (QED) is 0.550. The van der Waals surface area contributed by atoms with Crippen molar-refractivity contribution in [1.29, 1.82) is 0 Å². The van der Waals surface area contributed by atoms with Crippen molar-refractivity contribution < 1.29 is 18.7 Å². The van der Waals surface area contributed by atoms with Gasteiger partial charge in [-0.15, -0.1) is 0 Å². The van der Waals surface area contributed by atoms with E-state index in [4.69, 9.17) is 4.74 Å². The largest absolute Gasteiger partial charge is 0.442 e. The number of nitrogens with zero attached hydrogens (tertiary/aromatic N) is 3. The van der Waals surface area contributed by atoms with Gasteiger partial charge >= 0.3 is 6.09 Å². The smallest absolute Gasteiger partial charge is 0.414 e. The summed E-state index contributed by atoms with van der Waals surface area (Å²) in [5, 5.41) is 5.97. The van der Waals surface area contributed by atoms with Crippen molar-refractivity contribution in [1.82, 2.24) is 20.2 Å². The van der Waals surface area contributed by atoms with Crippen LogP contribution >= 0.6 is 0 Å². The van der Waals surface area contributed by atoms with Crippen LogP contribution in [0.4, 0.5) is 14.9 Å². The maximum absolute atomic E-state index is 14.9. The number of amides is 2. The molecule has 4 rings (SSSR count). The van der Waals surface area contributed by atoms with Gasteiger partial charge in [0.05, 0.1) is 25.3 Å². The molecule has 1 atom stereocenters. The van der Waals surface area contributed by atoms with E-state index in [0.29, 0.717) is 24.3 Å².